The fourth-order valence-corrected chi connectivity index (χ4v) is 2.30. The van der Waals surface area contributed by atoms with Crippen LogP contribution in [0.15, 0.2) is 30.5 Å². The molecule has 0 aliphatic rings. The molecule has 0 spiro atoms. The third kappa shape index (κ3) is 2.60. The van der Waals surface area contributed by atoms with Crippen molar-refractivity contribution in [2.24, 2.45) is 0 Å². The average Bonchev–Trinajstić information content (AvgIpc) is 2.45. The van der Waals surface area contributed by atoms with E-state index in [0.717, 1.165) is 11.1 Å². The lowest BCUT2D eigenvalue weighted by molar-refractivity contribution is 0.203. The van der Waals surface area contributed by atoms with Crippen LogP contribution in [0, 0.1) is 13.8 Å². The van der Waals surface area contributed by atoms with E-state index in [1.807, 2.05) is 26.0 Å². The molecule has 1 atom stereocenters. The molecule has 20 heavy (non-hydrogen) atoms. The summed E-state index contributed by atoms with van der Waals surface area (Å²) in [6.07, 6.45) is 0.856. The Morgan fingerprint density at radius 1 is 1.10 bits per heavy atom. The number of hydrogen-bond acceptors (Lipinski definition) is 4. The van der Waals surface area contributed by atoms with Gasteiger partial charge in [0, 0.05) is 6.20 Å². The monoisotopic (exact) mass is 273 g/mol. The maximum atomic E-state index is 10.7. The summed E-state index contributed by atoms with van der Waals surface area (Å²) < 4.78 is 10.7. The van der Waals surface area contributed by atoms with Gasteiger partial charge in [-0.25, -0.2) is 0 Å². The maximum absolute atomic E-state index is 10.7. The minimum absolute atomic E-state index is 0.582. The van der Waals surface area contributed by atoms with Crippen molar-refractivity contribution in [1.29, 1.82) is 0 Å². The molecule has 0 fully saturated rings. The largest absolute Gasteiger partial charge is 0.496 e. The molecule has 0 aliphatic carbocycles. The molecule has 0 bridgehead atoms. The van der Waals surface area contributed by atoms with Crippen LogP contribution in [0.2, 0.25) is 0 Å². The molecule has 1 aromatic heterocycles. The lowest BCUT2D eigenvalue weighted by Gasteiger charge is -2.19. The summed E-state index contributed by atoms with van der Waals surface area (Å²) in [4.78, 5) is 4.34. The van der Waals surface area contributed by atoms with Crippen molar-refractivity contribution in [2.75, 3.05) is 14.2 Å². The van der Waals surface area contributed by atoms with E-state index in [4.69, 9.17) is 9.47 Å². The Labute approximate surface area is 119 Å². The van der Waals surface area contributed by atoms with Gasteiger partial charge in [-0.05, 0) is 37.1 Å². The van der Waals surface area contributed by atoms with Crippen LogP contribution < -0.4 is 9.47 Å². The van der Waals surface area contributed by atoms with Gasteiger partial charge in [-0.1, -0.05) is 12.1 Å². The standard InChI is InChI=1S/C16H19NO3/c1-10-8-11(2)15(17-9-10)16(18)14-12(19-3)6-5-7-13(14)20-4/h5-9,16,18H,1-4H3. The SMILES string of the molecule is COc1cccc(OC)c1C(O)c1ncc(C)cc1C. The number of hydrogen-bond donors (Lipinski definition) is 1. The van der Waals surface area contributed by atoms with Crippen molar-refractivity contribution in [3.8, 4) is 11.5 Å². The van der Waals surface area contributed by atoms with Crippen molar-refractivity contribution < 1.29 is 14.6 Å². The van der Waals surface area contributed by atoms with E-state index in [-0.39, 0.29) is 0 Å². The second-order valence-corrected chi connectivity index (χ2v) is 4.69. The van der Waals surface area contributed by atoms with E-state index >= 15 is 0 Å². The zero-order valence-corrected chi connectivity index (χ0v) is 12.2. The van der Waals surface area contributed by atoms with Crippen molar-refractivity contribution in [2.45, 2.75) is 20.0 Å². The van der Waals surface area contributed by atoms with E-state index in [0.29, 0.717) is 22.8 Å². The first-order valence-electron chi connectivity index (χ1n) is 6.40. The zero-order chi connectivity index (χ0) is 14.7. The third-order valence-corrected chi connectivity index (χ3v) is 3.25. The first kappa shape index (κ1) is 14.3. The Kier molecular flexibility index (Phi) is 4.25. The summed E-state index contributed by atoms with van der Waals surface area (Å²) in [7, 11) is 3.14. The summed E-state index contributed by atoms with van der Waals surface area (Å²) in [6, 6.07) is 7.41. The normalized spacial score (nSPS) is 12.1. The molecule has 0 radical (unpaired) electrons. The van der Waals surface area contributed by atoms with E-state index in [1.54, 1.807) is 32.5 Å². The van der Waals surface area contributed by atoms with Crippen LogP contribution in [0.1, 0.15) is 28.5 Å². The van der Waals surface area contributed by atoms with Gasteiger partial charge in [-0.2, -0.15) is 0 Å². The number of benzene rings is 1. The lowest BCUT2D eigenvalue weighted by Crippen LogP contribution is -2.08. The summed E-state index contributed by atoms with van der Waals surface area (Å²) in [5, 5.41) is 10.7. The van der Waals surface area contributed by atoms with Gasteiger partial charge in [0.15, 0.2) is 0 Å². The minimum atomic E-state index is -0.887. The van der Waals surface area contributed by atoms with Crippen LogP contribution in [0.25, 0.3) is 0 Å². The molecule has 4 heteroatoms. The number of methoxy groups -OCH3 is 2. The fraction of sp³-hybridized carbons (Fsp3) is 0.312. The molecule has 0 saturated carbocycles. The predicted molar refractivity (Wildman–Crippen MR) is 77.3 cm³/mol. The quantitative estimate of drug-likeness (QED) is 0.930. The zero-order valence-electron chi connectivity index (χ0n) is 12.2. The van der Waals surface area contributed by atoms with E-state index < -0.39 is 6.10 Å². The molecule has 106 valence electrons. The molecule has 2 aromatic rings. The van der Waals surface area contributed by atoms with Crippen LogP contribution in [0.5, 0.6) is 11.5 Å². The Hall–Kier alpha value is -2.07. The van der Waals surface area contributed by atoms with Gasteiger partial charge in [0.05, 0.1) is 25.5 Å². The molecule has 1 heterocycles. The van der Waals surface area contributed by atoms with Crippen molar-refractivity contribution in [3.05, 3.63) is 52.8 Å². The first-order valence-corrected chi connectivity index (χ1v) is 6.40. The smallest absolute Gasteiger partial charge is 0.128 e. The van der Waals surface area contributed by atoms with Crippen molar-refractivity contribution in [1.82, 2.24) is 4.98 Å². The van der Waals surface area contributed by atoms with Crippen LogP contribution in [-0.4, -0.2) is 24.3 Å². The number of aromatic nitrogens is 1. The molecule has 0 aliphatic heterocycles. The Balaban J connectivity index is 2.55. The Morgan fingerprint density at radius 3 is 2.20 bits per heavy atom. The highest BCUT2D eigenvalue weighted by Crippen LogP contribution is 2.37. The highest BCUT2D eigenvalue weighted by Gasteiger charge is 2.22. The maximum Gasteiger partial charge on any atom is 0.128 e. The fourth-order valence-electron chi connectivity index (χ4n) is 2.30. The topological polar surface area (TPSA) is 51.6 Å². The molecule has 4 nitrogen and oxygen atoms in total. The summed E-state index contributed by atoms with van der Waals surface area (Å²) in [5.74, 6) is 1.16. The summed E-state index contributed by atoms with van der Waals surface area (Å²) in [6.45, 7) is 3.90. The molecular formula is C16H19NO3. The van der Waals surface area contributed by atoms with Crippen molar-refractivity contribution in [3.63, 3.8) is 0 Å². The predicted octanol–water partition coefficient (Wildman–Crippen LogP) is 2.80. The lowest BCUT2D eigenvalue weighted by atomic mass is 10.00. The van der Waals surface area contributed by atoms with Gasteiger partial charge in [-0.15, -0.1) is 0 Å². The molecule has 1 N–H and O–H groups in total. The van der Waals surface area contributed by atoms with Crippen LogP contribution in [-0.2, 0) is 0 Å². The summed E-state index contributed by atoms with van der Waals surface area (Å²) >= 11 is 0. The highest BCUT2D eigenvalue weighted by molar-refractivity contribution is 5.49. The summed E-state index contributed by atoms with van der Waals surface area (Å²) in [5.41, 5.74) is 3.20. The number of rotatable bonds is 4. The first-order chi connectivity index (χ1) is 9.58. The Bertz CT molecular complexity index is 588. The Morgan fingerprint density at radius 2 is 1.70 bits per heavy atom. The molecule has 1 unspecified atom stereocenters. The second kappa shape index (κ2) is 5.92. The molecule has 2 rings (SSSR count). The molecular weight excluding hydrogens is 254 g/mol. The van der Waals surface area contributed by atoms with Crippen LogP contribution in [0.3, 0.4) is 0 Å². The molecule has 0 saturated heterocycles. The number of aliphatic hydroxyl groups is 1. The van der Waals surface area contributed by atoms with Crippen LogP contribution >= 0.6 is 0 Å². The van der Waals surface area contributed by atoms with Gasteiger partial charge < -0.3 is 14.6 Å². The van der Waals surface area contributed by atoms with Gasteiger partial charge in [0.1, 0.15) is 17.6 Å². The van der Waals surface area contributed by atoms with E-state index in [1.165, 1.54) is 0 Å². The van der Waals surface area contributed by atoms with Gasteiger partial charge >= 0.3 is 0 Å². The number of pyridine rings is 1. The van der Waals surface area contributed by atoms with Gasteiger partial charge in [-0.3, -0.25) is 4.98 Å². The van der Waals surface area contributed by atoms with Gasteiger partial charge in [0.2, 0.25) is 0 Å². The second-order valence-electron chi connectivity index (χ2n) is 4.69. The number of aryl methyl sites for hydroxylation is 2. The molecule has 1 aromatic carbocycles. The number of nitrogens with zero attached hydrogens (tertiary/aromatic N) is 1. The van der Waals surface area contributed by atoms with Crippen LogP contribution in [0.4, 0.5) is 0 Å². The number of aliphatic hydroxyl groups excluding tert-OH is 1. The van der Waals surface area contributed by atoms with Crippen molar-refractivity contribution >= 4 is 0 Å². The highest BCUT2D eigenvalue weighted by atomic mass is 16.5. The number of ether oxygens (including phenoxy) is 2. The third-order valence-electron chi connectivity index (χ3n) is 3.25. The van der Waals surface area contributed by atoms with E-state index in [9.17, 15) is 5.11 Å². The minimum Gasteiger partial charge on any atom is -0.496 e. The average molecular weight is 273 g/mol. The van der Waals surface area contributed by atoms with Gasteiger partial charge in [0.25, 0.3) is 0 Å². The van der Waals surface area contributed by atoms with E-state index in [2.05, 4.69) is 4.98 Å². The molecule has 0 amide bonds.